The van der Waals surface area contributed by atoms with Crippen LogP contribution in [0.5, 0.6) is 5.75 Å². The van der Waals surface area contributed by atoms with E-state index in [-0.39, 0.29) is 5.70 Å². The second kappa shape index (κ2) is 9.61. The molecule has 3 aromatic carbocycles. The predicted molar refractivity (Wildman–Crippen MR) is 137 cm³/mol. The van der Waals surface area contributed by atoms with Crippen LogP contribution in [0.3, 0.4) is 0 Å². The number of hydrogen-bond donors (Lipinski definition) is 0. The molecule has 7 heteroatoms. The van der Waals surface area contributed by atoms with Gasteiger partial charge in [0.15, 0.2) is 5.70 Å². The first-order valence-corrected chi connectivity index (χ1v) is 11.9. The number of nitrogens with zero attached hydrogens (tertiary/aromatic N) is 1. The molecule has 0 aromatic heterocycles. The first-order valence-electron chi connectivity index (χ1n) is 8.93. The molecule has 0 saturated carbocycles. The summed E-state index contributed by atoms with van der Waals surface area (Å²) in [5.74, 6) is 0.608. The molecule has 150 valence electrons. The number of hydrogen-bond acceptors (Lipinski definition) is 4. The molecule has 0 bridgehead atoms. The Morgan fingerprint density at radius 3 is 2.43 bits per heavy atom. The van der Waals surface area contributed by atoms with Crippen LogP contribution in [0.25, 0.3) is 6.08 Å². The lowest BCUT2D eigenvalue weighted by Crippen LogP contribution is -2.05. The maximum Gasteiger partial charge on any atom is 0.363 e. The van der Waals surface area contributed by atoms with E-state index < -0.39 is 5.97 Å². The van der Waals surface area contributed by atoms with Crippen LogP contribution in [0.15, 0.2) is 81.9 Å². The number of cyclic esters (lactones) is 1. The molecule has 3 aromatic rings. The lowest BCUT2D eigenvalue weighted by molar-refractivity contribution is -0.129. The number of halogens is 3. The van der Waals surface area contributed by atoms with E-state index >= 15 is 0 Å². The molecular formula is C23H14BrI2NO3. The zero-order valence-corrected chi connectivity index (χ0v) is 21.3. The molecule has 1 aliphatic rings. The van der Waals surface area contributed by atoms with Gasteiger partial charge in [-0.05, 0) is 121 Å². The molecule has 0 atom stereocenters. The molecule has 1 aliphatic heterocycles. The van der Waals surface area contributed by atoms with Gasteiger partial charge in [-0.3, -0.25) is 0 Å². The van der Waals surface area contributed by atoms with Gasteiger partial charge in [-0.25, -0.2) is 9.79 Å². The van der Waals surface area contributed by atoms with Crippen molar-refractivity contribution in [2.24, 2.45) is 4.99 Å². The predicted octanol–water partition coefficient (Wildman–Crippen LogP) is 6.58. The van der Waals surface area contributed by atoms with Gasteiger partial charge < -0.3 is 9.47 Å². The summed E-state index contributed by atoms with van der Waals surface area (Å²) in [7, 11) is 0. The van der Waals surface area contributed by atoms with Crippen molar-refractivity contribution in [2.45, 2.75) is 6.61 Å². The van der Waals surface area contributed by atoms with Crippen molar-refractivity contribution >= 4 is 79.1 Å². The largest absolute Gasteiger partial charge is 0.489 e. The number of aliphatic imine (C=N–C) groups is 1. The molecule has 0 N–H and O–H groups in total. The first-order chi connectivity index (χ1) is 14.5. The van der Waals surface area contributed by atoms with Gasteiger partial charge in [0.2, 0.25) is 5.90 Å². The first kappa shape index (κ1) is 21.5. The SMILES string of the molecule is O=C1OC(c2ccc(I)c(Br)c2)=N/C1=C\c1ccc(OCc2ccc(I)cc2)cc1. The van der Waals surface area contributed by atoms with Crippen LogP contribution in [0, 0.1) is 7.14 Å². The zero-order valence-electron chi connectivity index (χ0n) is 15.4. The van der Waals surface area contributed by atoms with Crippen LogP contribution in [-0.2, 0) is 16.1 Å². The fraction of sp³-hybridized carbons (Fsp3) is 0.0435. The minimum absolute atomic E-state index is 0.271. The number of carbonyl (C=O) groups excluding carboxylic acids is 1. The smallest absolute Gasteiger partial charge is 0.363 e. The number of rotatable bonds is 5. The van der Waals surface area contributed by atoms with Gasteiger partial charge in [-0.15, -0.1) is 0 Å². The van der Waals surface area contributed by atoms with Crippen LogP contribution in [0.2, 0.25) is 0 Å². The van der Waals surface area contributed by atoms with Crippen LogP contribution < -0.4 is 4.74 Å². The van der Waals surface area contributed by atoms with E-state index in [4.69, 9.17) is 9.47 Å². The molecule has 0 spiro atoms. The molecule has 0 radical (unpaired) electrons. The van der Waals surface area contributed by atoms with Crippen molar-refractivity contribution < 1.29 is 14.3 Å². The average Bonchev–Trinajstić information content (AvgIpc) is 3.11. The summed E-state index contributed by atoms with van der Waals surface area (Å²) in [4.78, 5) is 16.6. The van der Waals surface area contributed by atoms with Crippen LogP contribution in [0.4, 0.5) is 0 Å². The molecule has 0 unspecified atom stereocenters. The van der Waals surface area contributed by atoms with Gasteiger partial charge in [0, 0.05) is 17.2 Å². The highest BCUT2D eigenvalue weighted by Gasteiger charge is 2.24. The molecule has 4 nitrogen and oxygen atoms in total. The fourth-order valence-corrected chi connectivity index (χ4v) is 3.80. The highest BCUT2D eigenvalue weighted by molar-refractivity contribution is 14.1. The highest BCUT2D eigenvalue weighted by atomic mass is 127. The van der Waals surface area contributed by atoms with E-state index in [1.165, 1.54) is 3.57 Å². The van der Waals surface area contributed by atoms with Crippen molar-refractivity contribution in [3.8, 4) is 5.75 Å². The molecule has 1 heterocycles. The molecule has 0 fully saturated rings. The molecule has 0 aliphatic carbocycles. The van der Waals surface area contributed by atoms with Crippen molar-refractivity contribution in [3.63, 3.8) is 0 Å². The summed E-state index contributed by atoms with van der Waals surface area (Å²) in [6, 6.07) is 21.4. The van der Waals surface area contributed by atoms with Crippen molar-refractivity contribution in [3.05, 3.63) is 101 Å². The lowest BCUT2D eigenvalue weighted by Gasteiger charge is -2.06. The topological polar surface area (TPSA) is 47.9 Å². The van der Waals surface area contributed by atoms with E-state index in [9.17, 15) is 4.79 Å². The summed E-state index contributed by atoms with van der Waals surface area (Å²) >= 11 is 7.99. The van der Waals surface area contributed by atoms with E-state index in [1.54, 1.807) is 6.08 Å². The normalized spacial score (nSPS) is 14.6. The zero-order chi connectivity index (χ0) is 21.1. The van der Waals surface area contributed by atoms with Gasteiger partial charge in [0.05, 0.1) is 0 Å². The summed E-state index contributed by atoms with van der Waals surface area (Å²) in [6.45, 7) is 0.503. The highest BCUT2D eigenvalue weighted by Crippen LogP contribution is 2.25. The third kappa shape index (κ3) is 5.30. The number of ether oxygens (including phenoxy) is 2. The van der Waals surface area contributed by atoms with E-state index in [1.807, 2.05) is 54.6 Å². The quantitative estimate of drug-likeness (QED) is 0.173. The van der Waals surface area contributed by atoms with Gasteiger partial charge in [0.25, 0.3) is 0 Å². The van der Waals surface area contributed by atoms with Gasteiger partial charge in [-0.2, -0.15) is 0 Å². The van der Waals surface area contributed by atoms with Crippen LogP contribution in [-0.4, -0.2) is 11.9 Å². The monoisotopic (exact) mass is 685 g/mol. The lowest BCUT2D eigenvalue weighted by atomic mass is 10.2. The van der Waals surface area contributed by atoms with Crippen molar-refractivity contribution in [1.82, 2.24) is 0 Å². The summed E-state index contributed by atoms with van der Waals surface area (Å²) in [5, 5.41) is 0. The summed E-state index contributed by atoms with van der Waals surface area (Å²) in [5.41, 5.74) is 2.97. The van der Waals surface area contributed by atoms with Crippen molar-refractivity contribution in [1.29, 1.82) is 0 Å². The fourth-order valence-electron chi connectivity index (χ4n) is 2.73. The Bertz CT molecular complexity index is 1160. The third-order valence-corrected chi connectivity index (χ3v) is 7.35. The van der Waals surface area contributed by atoms with Crippen LogP contribution >= 0.6 is 61.1 Å². The Morgan fingerprint density at radius 1 is 1.00 bits per heavy atom. The standard InChI is InChI=1S/C23H14BrI2NO3/c24-19-12-16(5-10-20(19)26)22-27-21(23(28)30-22)11-14-3-8-18(9-4-14)29-13-15-1-6-17(25)7-2-15/h1-12H,13H2/b21-11-. The van der Waals surface area contributed by atoms with E-state index in [0.717, 1.165) is 30.5 Å². The molecule has 0 amide bonds. The maximum atomic E-state index is 12.2. The number of benzene rings is 3. The second-order valence-electron chi connectivity index (χ2n) is 6.45. The minimum atomic E-state index is -0.460. The third-order valence-electron chi connectivity index (χ3n) is 4.29. The number of esters is 1. The number of carbonyl (C=O) groups is 1. The molecule has 0 saturated heterocycles. The minimum Gasteiger partial charge on any atom is -0.489 e. The molecule has 30 heavy (non-hydrogen) atoms. The van der Waals surface area contributed by atoms with Gasteiger partial charge >= 0.3 is 5.97 Å². The average molecular weight is 686 g/mol. The Balaban J connectivity index is 1.46. The summed E-state index contributed by atoms with van der Waals surface area (Å²) < 4.78 is 14.4. The maximum absolute atomic E-state index is 12.2. The summed E-state index contributed by atoms with van der Waals surface area (Å²) in [6.07, 6.45) is 1.71. The van der Waals surface area contributed by atoms with Gasteiger partial charge in [0.1, 0.15) is 12.4 Å². The Kier molecular flexibility index (Phi) is 6.89. The molecular weight excluding hydrogens is 672 g/mol. The van der Waals surface area contributed by atoms with Gasteiger partial charge in [-0.1, -0.05) is 24.3 Å². The van der Waals surface area contributed by atoms with Crippen molar-refractivity contribution in [2.75, 3.05) is 0 Å². The molecule has 4 rings (SSSR count). The second-order valence-corrected chi connectivity index (χ2v) is 9.71. The van der Waals surface area contributed by atoms with E-state index in [0.29, 0.717) is 12.5 Å². The Hall–Kier alpha value is -1.72. The Morgan fingerprint density at radius 2 is 1.73 bits per heavy atom. The Labute approximate surface area is 209 Å². The van der Waals surface area contributed by atoms with Crippen LogP contribution in [0.1, 0.15) is 16.7 Å². The van der Waals surface area contributed by atoms with E-state index in [2.05, 4.69) is 78.2 Å².